The van der Waals surface area contributed by atoms with Gasteiger partial charge in [0.1, 0.15) is 0 Å². The average molecular weight is 287 g/mol. The first-order valence-electron chi connectivity index (χ1n) is 7.48. The van der Waals surface area contributed by atoms with Gasteiger partial charge in [-0.3, -0.25) is 0 Å². The Hall–Kier alpha value is -1.12. The molecule has 1 nitrogen and oxygen atoms in total. The third-order valence-electron chi connectivity index (χ3n) is 3.64. The van der Waals surface area contributed by atoms with Gasteiger partial charge in [-0.25, -0.2) is 0 Å². The van der Waals surface area contributed by atoms with Crippen LogP contribution in [0.25, 0.3) is 0 Å². The molecule has 1 aromatic heterocycles. The van der Waals surface area contributed by atoms with Gasteiger partial charge >= 0.3 is 0 Å². The molecule has 108 valence electrons. The van der Waals surface area contributed by atoms with Crippen molar-refractivity contribution in [2.75, 3.05) is 7.05 Å². The molecular formula is C18H25NS. The smallest absolute Gasteiger partial charge is 0.0671 e. The fourth-order valence-electron chi connectivity index (χ4n) is 2.71. The molecule has 1 atom stereocenters. The van der Waals surface area contributed by atoms with Crippen molar-refractivity contribution in [2.24, 2.45) is 5.92 Å². The second-order valence-corrected chi connectivity index (χ2v) is 6.68. The maximum absolute atomic E-state index is 3.49. The van der Waals surface area contributed by atoms with Crippen molar-refractivity contribution >= 4 is 11.3 Å². The van der Waals surface area contributed by atoms with Crippen molar-refractivity contribution in [2.45, 2.75) is 39.7 Å². The number of hydrogen-bond donors (Lipinski definition) is 1. The molecule has 0 saturated heterocycles. The van der Waals surface area contributed by atoms with Gasteiger partial charge in [0.25, 0.3) is 0 Å². The summed E-state index contributed by atoms with van der Waals surface area (Å²) in [7, 11) is 2.05. The van der Waals surface area contributed by atoms with E-state index in [0.29, 0.717) is 12.0 Å². The number of benzene rings is 1. The van der Waals surface area contributed by atoms with Crippen LogP contribution in [-0.2, 0) is 12.8 Å². The van der Waals surface area contributed by atoms with E-state index >= 15 is 0 Å². The van der Waals surface area contributed by atoms with E-state index in [0.717, 1.165) is 12.8 Å². The van der Waals surface area contributed by atoms with Crippen LogP contribution in [0.3, 0.4) is 0 Å². The van der Waals surface area contributed by atoms with Crippen molar-refractivity contribution in [1.82, 2.24) is 5.32 Å². The highest BCUT2D eigenvalue weighted by atomic mass is 32.1. The van der Waals surface area contributed by atoms with Crippen molar-refractivity contribution in [3.8, 4) is 0 Å². The molecule has 0 bridgehead atoms. The number of nitrogens with one attached hydrogen (secondary N) is 1. The van der Waals surface area contributed by atoms with Crippen molar-refractivity contribution in [3.05, 3.63) is 57.3 Å². The van der Waals surface area contributed by atoms with Crippen LogP contribution in [0.2, 0.25) is 0 Å². The standard InChI is InChI=1S/C18H25NS/c1-5-15-9-10-20-18(15)17(19-4)16-8-6-7-14(12-16)11-13(2)3/h6-10,12-13,17,19H,5,11H2,1-4H3. The monoisotopic (exact) mass is 287 g/mol. The van der Waals surface area contributed by atoms with Crippen LogP contribution in [0.5, 0.6) is 0 Å². The maximum Gasteiger partial charge on any atom is 0.0671 e. The second kappa shape index (κ2) is 7.05. The van der Waals surface area contributed by atoms with E-state index in [9.17, 15) is 0 Å². The van der Waals surface area contributed by atoms with Crippen LogP contribution in [0.1, 0.15) is 48.4 Å². The Morgan fingerprint density at radius 3 is 2.65 bits per heavy atom. The van der Waals surface area contributed by atoms with Crippen LogP contribution < -0.4 is 5.32 Å². The summed E-state index contributed by atoms with van der Waals surface area (Å²) in [5.74, 6) is 0.700. The highest BCUT2D eigenvalue weighted by Gasteiger charge is 2.16. The van der Waals surface area contributed by atoms with Gasteiger partial charge in [-0.1, -0.05) is 45.0 Å². The van der Waals surface area contributed by atoms with Gasteiger partial charge in [0.2, 0.25) is 0 Å². The lowest BCUT2D eigenvalue weighted by molar-refractivity contribution is 0.643. The van der Waals surface area contributed by atoms with E-state index in [1.807, 2.05) is 11.3 Å². The van der Waals surface area contributed by atoms with Crippen molar-refractivity contribution < 1.29 is 0 Å². The third kappa shape index (κ3) is 3.50. The zero-order chi connectivity index (χ0) is 14.5. The lowest BCUT2D eigenvalue weighted by Crippen LogP contribution is -2.18. The second-order valence-electron chi connectivity index (χ2n) is 5.73. The summed E-state index contributed by atoms with van der Waals surface area (Å²) in [5, 5.41) is 5.69. The Kier molecular flexibility index (Phi) is 5.38. The zero-order valence-electron chi connectivity index (χ0n) is 12.9. The Bertz CT molecular complexity index is 542. The van der Waals surface area contributed by atoms with E-state index in [4.69, 9.17) is 0 Å². The first kappa shape index (κ1) is 15.3. The van der Waals surface area contributed by atoms with Crippen LogP contribution in [0.15, 0.2) is 35.7 Å². The minimum absolute atomic E-state index is 0.317. The average Bonchev–Trinajstić information content (AvgIpc) is 2.87. The van der Waals surface area contributed by atoms with E-state index in [1.54, 1.807) is 0 Å². The first-order valence-corrected chi connectivity index (χ1v) is 8.36. The van der Waals surface area contributed by atoms with E-state index < -0.39 is 0 Å². The molecule has 0 aliphatic heterocycles. The number of aryl methyl sites for hydroxylation is 1. The lowest BCUT2D eigenvalue weighted by Gasteiger charge is -2.18. The van der Waals surface area contributed by atoms with Crippen LogP contribution in [-0.4, -0.2) is 7.05 Å². The Morgan fingerprint density at radius 1 is 1.20 bits per heavy atom. The van der Waals surface area contributed by atoms with Crippen molar-refractivity contribution in [3.63, 3.8) is 0 Å². The van der Waals surface area contributed by atoms with E-state index in [-0.39, 0.29) is 0 Å². The molecule has 0 radical (unpaired) electrons. The topological polar surface area (TPSA) is 12.0 Å². The predicted molar refractivity (Wildman–Crippen MR) is 89.6 cm³/mol. The van der Waals surface area contributed by atoms with Gasteiger partial charge in [-0.2, -0.15) is 0 Å². The first-order chi connectivity index (χ1) is 9.65. The maximum atomic E-state index is 3.49. The molecule has 1 heterocycles. The van der Waals surface area contributed by atoms with Crippen LogP contribution in [0, 0.1) is 5.92 Å². The molecule has 0 spiro atoms. The number of thiophene rings is 1. The number of hydrogen-bond acceptors (Lipinski definition) is 2. The Balaban J connectivity index is 2.32. The molecule has 1 N–H and O–H groups in total. The van der Waals surface area contributed by atoms with E-state index in [1.165, 1.54) is 21.6 Å². The van der Waals surface area contributed by atoms with Crippen LogP contribution >= 0.6 is 11.3 Å². The van der Waals surface area contributed by atoms with Gasteiger partial charge in [-0.15, -0.1) is 11.3 Å². The minimum Gasteiger partial charge on any atom is -0.309 e. The fraction of sp³-hybridized carbons (Fsp3) is 0.444. The summed E-state index contributed by atoms with van der Waals surface area (Å²) >= 11 is 1.86. The van der Waals surface area contributed by atoms with Gasteiger partial charge in [0.15, 0.2) is 0 Å². The molecule has 0 aliphatic rings. The van der Waals surface area contributed by atoms with Gasteiger partial charge in [-0.05, 0) is 53.9 Å². The molecular weight excluding hydrogens is 262 g/mol. The largest absolute Gasteiger partial charge is 0.309 e. The summed E-state index contributed by atoms with van der Waals surface area (Å²) in [6, 6.07) is 11.6. The fourth-order valence-corrected chi connectivity index (χ4v) is 3.85. The quantitative estimate of drug-likeness (QED) is 0.803. The minimum atomic E-state index is 0.317. The Morgan fingerprint density at radius 2 is 2.00 bits per heavy atom. The SMILES string of the molecule is CCc1ccsc1C(NC)c1cccc(CC(C)C)c1. The molecule has 0 amide bonds. The molecule has 2 heteroatoms. The molecule has 1 unspecified atom stereocenters. The molecule has 1 aromatic carbocycles. The van der Waals surface area contributed by atoms with Gasteiger partial charge in [0, 0.05) is 4.88 Å². The molecule has 2 rings (SSSR count). The van der Waals surface area contributed by atoms with Crippen LogP contribution in [0.4, 0.5) is 0 Å². The Labute approximate surface area is 127 Å². The van der Waals surface area contributed by atoms with Crippen molar-refractivity contribution in [1.29, 1.82) is 0 Å². The summed E-state index contributed by atoms with van der Waals surface area (Å²) in [5.41, 5.74) is 4.28. The molecule has 0 saturated carbocycles. The summed E-state index contributed by atoms with van der Waals surface area (Å²) in [4.78, 5) is 1.46. The molecule has 0 aliphatic carbocycles. The predicted octanol–water partition coefficient (Wildman–Crippen LogP) is 4.82. The lowest BCUT2D eigenvalue weighted by atomic mass is 9.96. The summed E-state index contributed by atoms with van der Waals surface area (Å²) in [6.45, 7) is 6.78. The number of rotatable bonds is 6. The molecule has 2 aromatic rings. The summed E-state index contributed by atoms with van der Waals surface area (Å²) < 4.78 is 0. The normalized spacial score (nSPS) is 12.8. The highest BCUT2D eigenvalue weighted by molar-refractivity contribution is 7.10. The highest BCUT2D eigenvalue weighted by Crippen LogP contribution is 2.30. The zero-order valence-corrected chi connectivity index (χ0v) is 13.8. The van der Waals surface area contributed by atoms with E-state index in [2.05, 4.69) is 68.8 Å². The molecule has 0 fully saturated rings. The van der Waals surface area contributed by atoms with Gasteiger partial charge < -0.3 is 5.32 Å². The summed E-state index contributed by atoms with van der Waals surface area (Å²) in [6.07, 6.45) is 2.25. The third-order valence-corrected chi connectivity index (χ3v) is 4.66. The van der Waals surface area contributed by atoms with Gasteiger partial charge in [0.05, 0.1) is 6.04 Å². The molecule has 20 heavy (non-hydrogen) atoms.